The van der Waals surface area contributed by atoms with Crippen molar-refractivity contribution in [3.63, 3.8) is 0 Å². The number of anilines is 1. The summed E-state index contributed by atoms with van der Waals surface area (Å²) < 4.78 is 24.8. The molecule has 178 valence electrons. The van der Waals surface area contributed by atoms with Crippen molar-refractivity contribution in [1.29, 1.82) is 0 Å². The van der Waals surface area contributed by atoms with Crippen LogP contribution in [0.5, 0.6) is 0 Å². The van der Waals surface area contributed by atoms with Gasteiger partial charge in [-0.1, -0.05) is 36.4 Å². The SMILES string of the molecule is O=C(CN(CC1CCCO1)C(=O)Nc1cccc(F)c1)N(Cc1ccccc1)Cc1ccco1. The van der Waals surface area contributed by atoms with Crippen molar-refractivity contribution in [2.75, 3.05) is 25.0 Å². The zero-order valence-electron chi connectivity index (χ0n) is 18.9. The van der Waals surface area contributed by atoms with Gasteiger partial charge in [0.25, 0.3) is 0 Å². The molecule has 0 bridgehead atoms. The molecular weight excluding hydrogens is 437 g/mol. The number of urea groups is 1. The second-order valence-electron chi connectivity index (χ2n) is 8.27. The third-order valence-corrected chi connectivity index (χ3v) is 5.63. The van der Waals surface area contributed by atoms with E-state index in [2.05, 4.69) is 5.32 Å². The molecule has 7 nitrogen and oxygen atoms in total. The Kier molecular flexibility index (Phi) is 7.93. The number of carbonyl (C=O) groups is 2. The monoisotopic (exact) mass is 465 g/mol. The van der Waals surface area contributed by atoms with Gasteiger partial charge in [0.1, 0.15) is 18.1 Å². The van der Waals surface area contributed by atoms with E-state index < -0.39 is 11.8 Å². The lowest BCUT2D eigenvalue weighted by atomic mass is 10.2. The molecule has 0 aliphatic carbocycles. The quantitative estimate of drug-likeness (QED) is 0.499. The van der Waals surface area contributed by atoms with Gasteiger partial charge in [-0.25, -0.2) is 9.18 Å². The van der Waals surface area contributed by atoms with E-state index in [0.29, 0.717) is 24.6 Å². The number of carbonyl (C=O) groups excluding carboxylic acids is 2. The minimum atomic E-state index is -0.480. The van der Waals surface area contributed by atoms with E-state index >= 15 is 0 Å². The van der Waals surface area contributed by atoms with Crippen molar-refractivity contribution >= 4 is 17.6 Å². The van der Waals surface area contributed by atoms with E-state index in [4.69, 9.17) is 9.15 Å². The molecule has 2 heterocycles. The van der Waals surface area contributed by atoms with Gasteiger partial charge >= 0.3 is 6.03 Å². The summed E-state index contributed by atoms with van der Waals surface area (Å²) >= 11 is 0. The molecule has 0 spiro atoms. The van der Waals surface area contributed by atoms with E-state index in [1.54, 1.807) is 23.3 Å². The topological polar surface area (TPSA) is 75.0 Å². The number of ether oxygens (including phenoxy) is 1. The van der Waals surface area contributed by atoms with Gasteiger partial charge in [0, 0.05) is 25.4 Å². The molecule has 1 aliphatic rings. The summed E-state index contributed by atoms with van der Waals surface area (Å²) in [6.07, 6.45) is 3.16. The highest BCUT2D eigenvalue weighted by atomic mass is 19.1. The Bertz CT molecular complexity index is 1070. The number of amides is 3. The van der Waals surface area contributed by atoms with E-state index in [0.717, 1.165) is 18.4 Å². The fourth-order valence-corrected chi connectivity index (χ4v) is 3.91. The number of rotatable bonds is 9. The fourth-order valence-electron chi connectivity index (χ4n) is 3.91. The first kappa shape index (κ1) is 23.5. The van der Waals surface area contributed by atoms with Crippen LogP contribution in [-0.2, 0) is 22.6 Å². The molecule has 8 heteroatoms. The maximum absolute atomic E-state index is 13.6. The molecule has 0 saturated carbocycles. The van der Waals surface area contributed by atoms with Crippen molar-refractivity contribution < 1.29 is 23.1 Å². The molecule has 3 amide bonds. The number of hydrogen-bond donors (Lipinski definition) is 1. The van der Waals surface area contributed by atoms with Gasteiger partial charge in [-0.3, -0.25) is 4.79 Å². The van der Waals surface area contributed by atoms with Crippen molar-refractivity contribution in [1.82, 2.24) is 9.80 Å². The first-order valence-corrected chi connectivity index (χ1v) is 11.3. The molecule has 0 radical (unpaired) electrons. The molecule has 1 unspecified atom stereocenters. The van der Waals surface area contributed by atoms with Gasteiger partial charge in [-0.15, -0.1) is 0 Å². The maximum Gasteiger partial charge on any atom is 0.322 e. The Morgan fingerprint density at radius 1 is 1.00 bits per heavy atom. The Morgan fingerprint density at radius 3 is 2.56 bits per heavy atom. The maximum atomic E-state index is 13.6. The highest BCUT2D eigenvalue weighted by Crippen LogP contribution is 2.17. The van der Waals surface area contributed by atoms with Gasteiger partial charge in [-0.05, 0) is 48.7 Å². The first-order chi connectivity index (χ1) is 16.6. The van der Waals surface area contributed by atoms with Crippen LogP contribution in [0.25, 0.3) is 0 Å². The van der Waals surface area contributed by atoms with E-state index in [1.165, 1.54) is 23.1 Å². The van der Waals surface area contributed by atoms with Crippen LogP contribution in [0.3, 0.4) is 0 Å². The van der Waals surface area contributed by atoms with Gasteiger partial charge in [0.05, 0.1) is 18.9 Å². The van der Waals surface area contributed by atoms with Gasteiger partial charge in [-0.2, -0.15) is 0 Å². The zero-order chi connectivity index (χ0) is 23.8. The van der Waals surface area contributed by atoms with Crippen molar-refractivity contribution in [2.45, 2.75) is 32.0 Å². The van der Waals surface area contributed by atoms with Gasteiger partial charge in [0.2, 0.25) is 5.91 Å². The normalized spacial score (nSPS) is 15.1. The van der Waals surface area contributed by atoms with E-state index in [-0.39, 0.29) is 31.6 Å². The number of hydrogen-bond acceptors (Lipinski definition) is 4. The van der Waals surface area contributed by atoms with Crippen LogP contribution in [0.15, 0.2) is 77.4 Å². The number of halogens is 1. The smallest absolute Gasteiger partial charge is 0.322 e. The second kappa shape index (κ2) is 11.5. The minimum Gasteiger partial charge on any atom is -0.467 e. The van der Waals surface area contributed by atoms with E-state index in [1.807, 2.05) is 36.4 Å². The highest BCUT2D eigenvalue weighted by molar-refractivity contribution is 5.92. The van der Waals surface area contributed by atoms with Crippen LogP contribution in [0.1, 0.15) is 24.2 Å². The average molecular weight is 466 g/mol. The van der Waals surface area contributed by atoms with Crippen LogP contribution in [0.4, 0.5) is 14.9 Å². The average Bonchev–Trinajstić information content (AvgIpc) is 3.53. The lowest BCUT2D eigenvalue weighted by Gasteiger charge is -2.29. The summed E-state index contributed by atoms with van der Waals surface area (Å²) in [7, 11) is 0. The zero-order valence-corrected chi connectivity index (χ0v) is 18.9. The highest BCUT2D eigenvalue weighted by Gasteiger charge is 2.27. The van der Waals surface area contributed by atoms with Crippen LogP contribution in [0.2, 0.25) is 0 Å². The molecule has 2 aromatic carbocycles. The molecule has 4 rings (SSSR count). The Balaban J connectivity index is 1.50. The Morgan fingerprint density at radius 2 is 1.85 bits per heavy atom. The lowest BCUT2D eigenvalue weighted by molar-refractivity contribution is -0.133. The summed E-state index contributed by atoms with van der Waals surface area (Å²) in [5.41, 5.74) is 1.30. The molecule has 1 aromatic heterocycles. The number of nitrogens with one attached hydrogen (secondary N) is 1. The number of nitrogens with zero attached hydrogens (tertiary/aromatic N) is 2. The Labute approximate surface area is 198 Å². The van der Waals surface area contributed by atoms with Crippen molar-refractivity contribution in [3.05, 3.63) is 90.1 Å². The van der Waals surface area contributed by atoms with Gasteiger partial charge in [0.15, 0.2) is 0 Å². The molecule has 1 saturated heterocycles. The lowest BCUT2D eigenvalue weighted by Crippen LogP contribution is -2.46. The fraction of sp³-hybridized carbons (Fsp3) is 0.308. The minimum absolute atomic E-state index is 0.140. The van der Waals surface area contributed by atoms with Crippen LogP contribution >= 0.6 is 0 Å². The van der Waals surface area contributed by atoms with Crippen LogP contribution < -0.4 is 5.32 Å². The number of furan rings is 1. The van der Waals surface area contributed by atoms with Crippen LogP contribution in [0, 0.1) is 5.82 Å². The predicted molar refractivity (Wildman–Crippen MR) is 125 cm³/mol. The summed E-state index contributed by atoms with van der Waals surface area (Å²) in [5.74, 6) is -0.0288. The molecule has 1 atom stereocenters. The third kappa shape index (κ3) is 6.68. The third-order valence-electron chi connectivity index (χ3n) is 5.63. The molecule has 3 aromatic rings. The summed E-state index contributed by atoms with van der Waals surface area (Å²) in [6.45, 7) is 1.41. The van der Waals surface area contributed by atoms with Crippen molar-refractivity contribution in [3.8, 4) is 0 Å². The molecule has 1 N–H and O–H groups in total. The number of benzene rings is 2. The van der Waals surface area contributed by atoms with Crippen LogP contribution in [-0.4, -0.2) is 47.5 Å². The summed E-state index contributed by atoms with van der Waals surface area (Å²) in [5, 5.41) is 2.70. The molecule has 1 fully saturated rings. The molecule has 1 aliphatic heterocycles. The standard InChI is InChI=1S/C26H28FN3O4/c27-21-9-4-10-22(15-21)28-26(32)30(18-24-12-6-14-34-24)19-25(31)29(17-23-11-5-13-33-23)16-20-7-2-1-3-8-20/h1-5,7-11,13,15,24H,6,12,14,16-19H2,(H,28,32). The van der Waals surface area contributed by atoms with Gasteiger partial charge < -0.3 is 24.3 Å². The molecular formula is C26H28FN3O4. The summed E-state index contributed by atoms with van der Waals surface area (Å²) in [6, 6.07) is 18.4. The van der Waals surface area contributed by atoms with E-state index in [9.17, 15) is 14.0 Å². The predicted octanol–water partition coefficient (Wildman–Crippen LogP) is 4.66. The van der Waals surface area contributed by atoms with Crippen molar-refractivity contribution in [2.24, 2.45) is 0 Å². The Hall–Kier alpha value is -3.65. The largest absolute Gasteiger partial charge is 0.467 e. The summed E-state index contributed by atoms with van der Waals surface area (Å²) in [4.78, 5) is 29.6. The molecule has 34 heavy (non-hydrogen) atoms. The first-order valence-electron chi connectivity index (χ1n) is 11.3. The second-order valence-corrected chi connectivity index (χ2v) is 8.27.